The van der Waals surface area contributed by atoms with Gasteiger partial charge >= 0.3 is 0 Å². The maximum absolute atomic E-state index is 9.48. The van der Waals surface area contributed by atoms with E-state index in [4.69, 9.17) is 7.10 Å². The predicted octanol–water partition coefficient (Wildman–Crippen LogP) is 2.18. The van der Waals surface area contributed by atoms with Gasteiger partial charge in [-0.05, 0) is 51.0 Å². The van der Waals surface area contributed by atoms with Gasteiger partial charge < -0.3 is 10.6 Å². The Bertz CT molecular complexity index is 1010. The molecule has 5 rings (SSSR count). The number of pyridine rings is 1. The summed E-state index contributed by atoms with van der Waals surface area (Å²) in [5, 5.41) is 10.4. The summed E-state index contributed by atoms with van der Waals surface area (Å²) in [4.78, 5) is 12.1. The van der Waals surface area contributed by atoms with Gasteiger partial charge in [-0.3, -0.25) is 14.8 Å². The Balaban J connectivity index is 1.41. The number of piperazine rings is 1. The average Bonchev–Trinajstić information content (AvgIpc) is 3.30. The molecule has 152 valence electrons. The molecule has 0 amide bonds. The van der Waals surface area contributed by atoms with Crippen molar-refractivity contribution in [3.05, 3.63) is 36.0 Å². The number of nitrogens with two attached hydrogens (primary N) is 1. The SMILES string of the molecule is [2H]c1ccc2c(N3C[C@@H]4C[C@H](N5CCC(C)(N)C5)CN4[C@H](C)C3)ccc(C#N)c2n1. The number of nitriles is 1. The van der Waals surface area contributed by atoms with Crippen LogP contribution in [-0.2, 0) is 0 Å². The van der Waals surface area contributed by atoms with Crippen molar-refractivity contribution >= 4 is 16.6 Å². The molecule has 6 nitrogen and oxygen atoms in total. The van der Waals surface area contributed by atoms with Gasteiger partial charge in [0.1, 0.15) is 6.07 Å². The summed E-state index contributed by atoms with van der Waals surface area (Å²) in [6.07, 6.45) is 2.46. The molecule has 2 N–H and O–H groups in total. The molecule has 2 aromatic rings. The summed E-state index contributed by atoms with van der Waals surface area (Å²) in [7, 11) is 0. The maximum atomic E-state index is 9.48. The lowest BCUT2D eigenvalue weighted by Crippen LogP contribution is -2.55. The molecule has 3 saturated heterocycles. The van der Waals surface area contributed by atoms with Crippen molar-refractivity contribution in [2.45, 2.75) is 50.4 Å². The Morgan fingerprint density at radius 2 is 2.14 bits per heavy atom. The summed E-state index contributed by atoms with van der Waals surface area (Å²) in [6.45, 7) is 9.68. The number of fused-ring (bicyclic) bond motifs is 2. The van der Waals surface area contributed by atoms with E-state index in [2.05, 4.69) is 45.7 Å². The van der Waals surface area contributed by atoms with E-state index in [1.165, 1.54) is 6.42 Å². The summed E-state index contributed by atoms with van der Waals surface area (Å²) in [5.74, 6) is 0. The fourth-order valence-corrected chi connectivity index (χ4v) is 5.65. The summed E-state index contributed by atoms with van der Waals surface area (Å²) >= 11 is 0. The first-order chi connectivity index (χ1) is 14.3. The van der Waals surface area contributed by atoms with Gasteiger partial charge in [-0.1, -0.05) is 0 Å². The van der Waals surface area contributed by atoms with E-state index >= 15 is 0 Å². The third-order valence-corrected chi connectivity index (χ3v) is 7.12. The Labute approximate surface area is 174 Å². The number of nitrogens with zero attached hydrogens (tertiary/aromatic N) is 5. The molecular formula is C23H30N6. The minimum atomic E-state index is -0.0497. The molecule has 1 aromatic heterocycles. The molecular weight excluding hydrogens is 360 g/mol. The van der Waals surface area contributed by atoms with Gasteiger partial charge in [-0.15, -0.1) is 0 Å². The molecule has 0 saturated carbocycles. The van der Waals surface area contributed by atoms with Crippen LogP contribution in [0.25, 0.3) is 10.9 Å². The Morgan fingerprint density at radius 3 is 2.90 bits per heavy atom. The predicted molar refractivity (Wildman–Crippen MR) is 116 cm³/mol. The number of hydrogen-bond acceptors (Lipinski definition) is 6. The molecule has 3 fully saturated rings. The van der Waals surface area contributed by atoms with Crippen LogP contribution in [0.3, 0.4) is 0 Å². The lowest BCUT2D eigenvalue weighted by molar-refractivity contribution is 0.156. The molecule has 0 bridgehead atoms. The molecule has 6 heteroatoms. The number of aromatic nitrogens is 1. The third kappa shape index (κ3) is 3.28. The van der Waals surface area contributed by atoms with Crippen LogP contribution in [0.5, 0.6) is 0 Å². The van der Waals surface area contributed by atoms with Crippen molar-refractivity contribution in [2.24, 2.45) is 5.73 Å². The van der Waals surface area contributed by atoms with Gasteiger partial charge in [-0.25, -0.2) is 0 Å². The minimum absolute atomic E-state index is 0.0497. The molecule has 0 aliphatic carbocycles. The van der Waals surface area contributed by atoms with Crippen LogP contribution in [0.2, 0.25) is 0 Å². The minimum Gasteiger partial charge on any atom is -0.368 e. The van der Waals surface area contributed by atoms with Crippen molar-refractivity contribution in [1.29, 1.82) is 5.26 Å². The van der Waals surface area contributed by atoms with E-state index in [0.29, 0.717) is 29.2 Å². The van der Waals surface area contributed by atoms with Crippen molar-refractivity contribution in [3.8, 4) is 6.07 Å². The second kappa shape index (κ2) is 6.94. The second-order valence-electron chi connectivity index (χ2n) is 9.45. The molecule has 0 radical (unpaired) electrons. The number of rotatable bonds is 2. The molecule has 1 aromatic carbocycles. The summed E-state index contributed by atoms with van der Waals surface area (Å²) in [6, 6.07) is 11.4. The monoisotopic (exact) mass is 391 g/mol. The third-order valence-electron chi connectivity index (χ3n) is 7.12. The molecule has 4 atom stereocenters. The first-order valence-corrected chi connectivity index (χ1v) is 10.7. The van der Waals surface area contributed by atoms with Crippen molar-refractivity contribution in [2.75, 3.05) is 37.6 Å². The normalized spacial score (nSPS) is 33.7. The topological polar surface area (TPSA) is 72.4 Å². The molecule has 0 spiro atoms. The van der Waals surface area contributed by atoms with Crippen LogP contribution in [0, 0.1) is 11.3 Å². The van der Waals surface area contributed by atoms with Gasteiger partial charge in [0, 0.05) is 73.6 Å². The summed E-state index contributed by atoms with van der Waals surface area (Å²) in [5.41, 5.74) is 8.64. The maximum Gasteiger partial charge on any atom is 0.101 e. The fourth-order valence-electron chi connectivity index (χ4n) is 5.65. The van der Waals surface area contributed by atoms with Crippen LogP contribution < -0.4 is 10.6 Å². The average molecular weight is 392 g/mol. The summed E-state index contributed by atoms with van der Waals surface area (Å²) < 4.78 is 7.87. The quantitative estimate of drug-likeness (QED) is 0.846. The molecule has 3 aliphatic heterocycles. The van der Waals surface area contributed by atoms with Gasteiger partial charge in [0.05, 0.1) is 12.5 Å². The highest BCUT2D eigenvalue weighted by Gasteiger charge is 2.44. The highest BCUT2D eigenvalue weighted by Crippen LogP contribution is 2.35. The zero-order valence-electron chi connectivity index (χ0n) is 18.3. The molecule has 1 unspecified atom stereocenters. The molecule has 29 heavy (non-hydrogen) atoms. The standard InChI is InChI=1S/C23H30N6/c1-16-12-28(21-6-5-17(11-24)22-20(21)4-3-8-26-22)13-19-10-18(14-29(16)19)27-9-7-23(2,25)15-27/h3-6,8,16,18-19H,7,9-10,12-15,25H2,1-2H3/t16-,18+,19+,23?/m1/s1/i8D. The van der Waals surface area contributed by atoms with Crippen molar-refractivity contribution in [1.82, 2.24) is 14.8 Å². The van der Waals surface area contributed by atoms with Crippen molar-refractivity contribution < 1.29 is 1.37 Å². The van der Waals surface area contributed by atoms with E-state index in [0.717, 1.165) is 50.2 Å². The first-order valence-electron chi connectivity index (χ1n) is 11.2. The van der Waals surface area contributed by atoms with Crippen LogP contribution in [-0.4, -0.2) is 71.2 Å². The van der Waals surface area contributed by atoms with Crippen molar-refractivity contribution in [3.63, 3.8) is 0 Å². The van der Waals surface area contributed by atoms with E-state index in [1.54, 1.807) is 6.07 Å². The molecule has 4 heterocycles. The Morgan fingerprint density at radius 1 is 1.28 bits per heavy atom. The van der Waals surface area contributed by atoms with E-state index in [1.807, 2.05) is 12.1 Å². The van der Waals surface area contributed by atoms with Gasteiger partial charge in [0.25, 0.3) is 0 Å². The lowest BCUT2D eigenvalue weighted by Gasteiger charge is -2.43. The van der Waals surface area contributed by atoms with Crippen LogP contribution in [0.15, 0.2) is 30.4 Å². The highest BCUT2D eigenvalue weighted by molar-refractivity contribution is 5.95. The Kier molecular flexibility index (Phi) is 4.22. The number of likely N-dealkylation sites (tertiary alicyclic amines) is 1. The van der Waals surface area contributed by atoms with Gasteiger partial charge in [0.15, 0.2) is 0 Å². The van der Waals surface area contributed by atoms with E-state index in [-0.39, 0.29) is 11.7 Å². The Hall–Kier alpha value is -2.20. The number of anilines is 1. The van der Waals surface area contributed by atoms with Gasteiger partial charge in [0.2, 0.25) is 0 Å². The zero-order valence-corrected chi connectivity index (χ0v) is 17.3. The van der Waals surface area contributed by atoms with Gasteiger partial charge in [-0.2, -0.15) is 5.26 Å². The molecule has 3 aliphatic rings. The zero-order chi connectivity index (χ0) is 21.0. The first kappa shape index (κ1) is 17.6. The highest BCUT2D eigenvalue weighted by atomic mass is 15.4. The smallest absolute Gasteiger partial charge is 0.101 e. The lowest BCUT2D eigenvalue weighted by atomic mass is 10.0. The number of benzene rings is 1. The second-order valence-corrected chi connectivity index (χ2v) is 9.45. The van der Waals surface area contributed by atoms with E-state index < -0.39 is 0 Å². The van der Waals surface area contributed by atoms with Crippen LogP contribution >= 0.6 is 0 Å². The van der Waals surface area contributed by atoms with Crippen LogP contribution in [0.4, 0.5) is 5.69 Å². The number of hydrogen-bond donors (Lipinski definition) is 1. The largest absolute Gasteiger partial charge is 0.368 e. The van der Waals surface area contributed by atoms with Crippen LogP contribution in [0.1, 0.15) is 33.6 Å². The fraction of sp³-hybridized carbons (Fsp3) is 0.565. The van der Waals surface area contributed by atoms with E-state index in [9.17, 15) is 5.26 Å².